The molecular weight excluding hydrogens is 280 g/mol. The number of aryl methyl sites for hydroxylation is 1. The number of ether oxygens (including phenoxy) is 1. The molecule has 0 bridgehead atoms. The first-order chi connectivity index (χ1) is 10.5. The number of nitrogens with zero attached hydrogens (tertiary/aromatic N) is 1. The molecule has 0 aromatic heterocycles. The number of rotatable bonds is 6. The van der Waals surface area contributed by atoms with E-state index in [2.05, 4.69) is 11.4 Å². The van der Waals surface area contributed by atoms with Gasteiger partial charge in [0.15, 0.2) is 0 Å². The highest BCUT2D eigenvalue weighted by Crippen LogP contribution is 2.32. The Labute approximate surface area is 131 Å². The van der Waals surface area contributed by atoms with Crippen LogP contribution >= 0.6 is 0 Å². The highest BCUT2D eigenvalue weighted by atomic mass is 16.5. The first-order valence-corrected chi connectivity index (χ1v) is 7.60. The number of nitrogens with one attached hydrogen (secondary N) is 1. The molecular formula is C17H24N2O3. The van der Waals surface area contributed by atoms with Crippen LogP contribution in [0.5, 0.6) is 0 Å². The second-order valence-electron chi connectivity index (χ2n) is 5.99. The van der Waals surface area contributed by atoms with Gasteiger partial charge < -0.3 is 15.0 Å². The molecule has 0 spiro atoms. The lowest BCUT2D eigenvalue weighted by Gasteiger charge is -2.34. The summed E-state index contributed by atoms with van der Waals surface area (Å²) in [5.41, 5.74) is 1.41. The molecule has 1 aromatic carbocycles. The fourth-order valence-corrected chi connectivity index (χ4v) is 2.84. The number of carbonyl (C=O) groups excluding carboxylic acids is 2. The summed E-state index contributed by atoms with van der Waals surface area (Å²) in [6.07, 6.45) is 0.969. The Kier molecular flexibility index (Phi) is 5.19. The standard InChI is InChI=1S/C17H24N2O3/c1-13-5-4-6-14(11-13)12-19-15(20)7-8-17(19,2)16(21)18-9-10-22-3/h4-6,11H,7-10,12H2,1-3H3,(H,18,21)/t17-/m0/s1. The van der Waals surface area contributed by atoms with Gasteiger partial charge >= 0.3 is 0 Å². The number of carbonyl (C=O) groups is 2. The Morgan fingerprint density at radius 3 is 2.91 bits per heavy atom. The Morgan fingerprint density at radius 2 is 2.23 bits per heavy atom. The number of likely N-dealkylation sites (tertiary alicyclic amines) is 1. The summed E-state index contributed by atoms with van der Waals surface area (Å²) in [6.45, 7) is 5.25. The predicted octanol–water partition coefficient (Wildman–Crippen LogP) is 1.64. The zero-order valence-corrected chi connectivity index (χ0v) is 13.5. The molecule has 1 N–H and O–H groups in total. The van der Waals surface area contributed by atoms with Gasteiger partial charge in [0, 0.05) is 26.6 Å². The lowest BCUT2D eigenvalue weighted by atomic mass is 9.97. The molecule has 5 nitrogen and oxygen atoms in total. The summed E-state index contributed by atoms with van der Waals surface area (Å²) in [5.74, 6) is -0.0750. The maximum Gasteiger partial charge on any atom is 0.245 e. The van der Waals surface area contributed by atoms with Crippen LogP contribution in [0.1, 0.15) is 30.9 Å². The monoisotopic (exact) mass is 304 g/mol. The molecule has 1 saturated heterocycles. The van der Waals surface area contributed by atoms with Crippen molar-refractivity contribution >= 4 is 11.8 Å². The molecule has 5 heteroatoms. The average Bonchev–Trinajstić information content (AvgIpc) is 2.77. The molecule has 0 radical (unpaired) electrons. The molecule has 0 unspecified atom stereocenters. The lowest BCUT2D eigenvalue weighted by Crippen LogP contribution is -2.54. The van der Waals surface area contributed by atoms with Gasteiger partial charge in [-0.25, -0.2) is 0 Å². The number of benzene rings is 1. The summed E-state index contributed by atoms with van der Waals surface area (Å²) in [5, 5.41) is 2.86. The van der Waals surface area contributed by atoms with Gasteiger partial charge in [-0.1, -0.05) is 29.8 Å². The van der Waals surface area contributed by atoms with Crippen LogP contribution < -0.4 is 5.32 Å². The van der Waals surface area contributed by atoms with E-state index < -0.39 is 5.54 Å². The Hall–Kier alpha value is -1.88. The van der Waals surface area contributed by atoms with Crippen molar-refractivity contribution in [1.82, 2.24) is 10.2 Å². The van der Waals surface area contributed by atoms with Crippen molar-refractivity contribution in [3.05, 3.63) is 35.4 Å². The minimum atomic E-state index is -0.783. The Balaban J connectivity index is 2.12. The van der Waals surface area contributed by atoms with Crippen molar-refractivity contribution in [1.29, 1.82) is 0 Å². The molecule has 1 fully saturated rings. The first-order valence-electron chi connectivity index (χ1n) is 7.60. The van der Waals surface area contributed by atoms with Gasteiger partial charge in [-0.2, -0.15) is 0 Å². The van der Waals surface area contributed by atoms with Crippen LogP contribution in [-0.2, 0) is 20.9 Å². The number of hydrogen-bond donors (Lipinski definition) is 1. The fraction of sp³-hybridized carbons (Fsp3) is 0.529. The van der Waals surface area contributed by atoms with Gasteiger partial charge in [0.2, 0.25) is 11.8 Å². The molecule has 0 aliphatic carbocycles. The van der Waals surface area contributed by atoms with Crippen molar-refractivity contribution in [3.63, 3.8) is 0 Å². The van der Waals surface area contributed by atoms with Gasteiger partial charge in [-0.15, -0.1) is 0 Å². The van der Waals surface area contributed by atoms with E-state index in [1.165, 1.54) is 0 Å². The van der Waals surface area contributed by atoms with E-state index in [1.807, 2.05) is 32.0 Å². The maximum absolute atomic E-state index is 12.5. The van der Waals surface area contributed by atoms with Crippen LogP contribution in [-0.4, -0.2) is 42.5 Å². The summed E-state index contributed by atoms with van der Waals surface area (Å²) in [4.78, 5) is 26.4. The normalized spacial score (nSPS) is 21.2. The van der Waals surface area contributed by atoms with E-state index in [9.17, 15) is 9.59 Å². The lowest BCUT2D eigenvalue weighted by molar-refractivity contribution is -0.141. The van der Waals surface area contributed by atoms with Crippen molar-refractivity contribution in [3.8, 4) is 0 Å². The van der Waals surface area contributed by atoms with E-state index >= 15 is 0 Å². The van der Waals surface area contributed by atoms with Crippen LogP contribution in [0.4, 0.5) is 0 Å². The van der Waals surface area contributed by atoms with Crippen molar-refractivity contribution in [2.75, 3.05) is 20.3 Å². The Bertz CT molecular complexity index is 559. The molecule has 2 amide bonds. The zero-order valence-electron chi connectivity index (χ0n) is 13.5. The summed E-state index contributed by atoms with van der Waals surface area (Å²) < 4.78 is 4.95. The Morgan fingerprint density at radius 1 is 1.45 bits per heavy atom. The smallest absolute Gasteiger partial charge is 0.245 e. The average molecular weight is 304 g/mol. The van der Waals surface area contributed by atoms with Gasteiger partial charge in [0.1, 0.15) is 5.54 Å². The number of amides is 2. The molecule has 0 saturated carbocycles. The van der Waals surface area contributed by atoms with Crippen LogP contribution in [0.3, 0.4) is 0 Å². The molecule has 1 aliphatic heterocycles. The molecule has 1 aromatic rings. The van der Waals surface area contributed by atoms with E-state index in [1.54, 1.807) is 12.0 Å². The first kappa shape index (κ1) is 16.5. The van der Waals surface area contributed by atoms with E-state index in [0.29, 0.717) is 32.5 Å². The van der Waals surface area contributed by atoms with Crippen LogP contribution in [0.25, 0.3) is 0 Å². The topological polar surface area (TPSA) is 58.6 Å². The third-order valence-corrected chi connectivity index (χ3v) is 4.23. The van der Waals surface area contributed by atoms with Crippen LogP contribution in [0.15, 0.2) is 24.3 Å². The quantitative estimate of drug-likeness (QED) is 0.813. The summed E-state index contributed by atoms with van der Waals surface area (Å²) in [6, 6.07) is 8.03. The maximum atomic E-state index is 12.5. The third kappa shape index (κ3) is 3.47. The second kappa shape index (κ2) is 6.92. The molecule has 22 heavy (non-hydrogen) atoms. The minimum Gasteiger partial charge on any atom is -0.383 e. The highest BCUT2D eigenvalue weighted by molar-refractivity contribution is 5.94. The molecule has 120 valence electrons. The van der Waals surface area contributed by atoms with Gasteiger partial charge in [-0.3, -0.25) is 9.59 Å². The SMILES string of the molecule is COCCNC(=O)[C@]1(C)CCC(=O)N1Cc1cccc(C)c1. The largest absolute Gasteiger partial charge is 0.383 e. The second-order valence-corrected chi connectivity index (χ2v) is 5.99. The van der Waals surface area contributed by atoms with Gasteiger partial charge in [-0.05, 0) is 25.8 Å². The van der Waals surface area contributed by atoms with Crippen molar-refractivity contribution < 1.29 is 14.3 Å². The van der Waals surface area contributed by atoms with Gasteiger partial charge in [0.05, 0.1) is 6.61 Å². The summed E-state index contributed by atoms with van der Waals surface area (Å²) in [7, 11) is 1.59. The molecule has 2 rings (SSSR count). The van der Waals surface area contributed by atoms with Crippen molar-refractivity contribution in [2.45, 2.75) is 38.8 Å². The van der Waals surface area contributed by atoms with E-state index in [0.717, 1.165) is 11.1 Å². The third-order valence-electron chi connectivity index (χ3n) is 4.23. The fourth-order valence-electron chi connectivity index (χ4n) is 2.84. The van der Waals surface area contributed by atoms with E-state index in [-0.39, 0.29) is 11.8 Å². The minimum absolute atomic E-state index is 0.0332. The predicted molar refractivity (Wildman–Crippen MR) is 84.3 cm³/mol. The number of hydrogen-bond acceptors (Lipinski definition) is 3. The highest BCUT2D eigenvalue weighted by Gasteiger charge is 2.46. The molecule has 1 atom stereocenters. The van der Waals surface area contributed by atoms with E-state index in [4.69, 9.17) is 4.74 Å². The van der Waals surface area contributed by atoms with Gasteiger partial charge in [0.25, 0.3) is 0 Å². The zero-order chi connectivity index (χ0) is 16.2. The number of methoxy groups -OCH3 is 1. The van der Waals surface area contributed by atoms with Crippen LogP contribution in [0.2, 0.25) is 0 Å². The molecule has 1 heterocycles. The van der Waals surface area contributed by atoms with Crippen LogP contribution in [0, 0.1) is 6.92 Å². The van der Waals surface area contributed by atoms with Crippen molar-refractivity contribution in [2.24, 2.45) is 0 Å². The molecule has 1 aliphatic rings. The summed E-state index contributed by atoms with van der Waals surface area (Å²) >= 11 is 0.